The summed E-state index contributed by atoms with van der Waals surface area (Å²) < 4.78 is 25.1. The first kappa shape index (κ1) is 12.3. The van der Waals surface area contributed by atoms with E-state index in [0.717, 1.165) is 0 Å². The topological polar surface area (TPSA) is 58.9 Å². The van der Waals surface area contributed by atoms with Crippen LogP contribution >= 0.6 is 11.6 Å². The third-order valence-corrected chi connectivity index (χ3v) is 4.91. The van der Waals surface area contributed by atoms with E-state index in [1.54, 1.807) is 36.4 Å². The maximum atomic E-state index is 12.5. The van der Waals surface area contributed by atoms with Crippen LogP contribution in [-0.4, -0.2) is 25.7 Å². The van der Waals surface area contributed by atoms with Gasteiger partial charge in [-0.05, 0) is 18.2 Å². The molecule has 0 N–H and O–H groups in total. The number of fused-ring (bicyclic) bond motifs is 1. The highest BCUT2D eigenvalue weighted by molar-refractivity contribution is 8.08. The SMILES string of the molecule is O=S(=O)(C1=NCC(Cl)=C2C=CN=C12)c1ccccc1. The standard InChI is InChI=1S/C13H9ClN2O2S/c14-11-8-16-13(12-10(11)6-7-15-12)19(17,18)9-4-2-1-3-5-9/h1-7H,8H2. The molecule has 0 aliphatic carbocycles. The lowest BCUT2D eigenvalue weighted by Crippen LogP contribution is -2.28. The fourth-order valence-electron chi connectivity index (χ4n) is 1.95. The molecular formula is C13H9ClN2O2S. The molecule has 2 heterocycles. The van der Waals surface area contributed by atoms with Crippen molar-refractivity contribution in [3.63, 3.8) is 0 Å². The molecule has 0 saturated heterocycles. The van der Waals surface area contributed by atoms with Crippen LogP contribution in [0.1, 0.15) is 0 Å². The summed E-state index contributed by atoms with van der Waals surface area (Å²) in [6.07, 6.45) is 3.24. The molecule has 4 nitrogen and oxygen atoms in total. The molecule has 1 aromatic carbocycles. The monoisotopic (exact) mass is 292 g/mol. The summed E-state index contributed by atoms with van der Waals surface area (Å²) in [5.74, 6) is 0. The van der Waals surface area contributed by atoms with Crippen molar-refractivity contribution >= 4 is 32.2 Å². The van der Waals surface area contributed by atoms with Crippen molar-refractivity contribution in [1.82, 2.24) is 0 Å². The van der Waals surface area contributed by atoms with Crippen molar-refractivity contribution in [1.29, 1.82) is 0 Å². The first-order valence-corrected chi connectivity index (χ1v) is 7.45. The normalized spacial score (nSPS) is 18.2. The molecule has 0 unspecified atom stereocenters. The molecule has 6 heteroatoms. The van der Waals surface area contributed by atoms with E-state index in [1.807, 2.05) is 0 Å². The summed E-state index contributed by atoms with van der Waals surface area (Å²) in [6.45, 7) is 0.168. The molecule has 0 aromatic heterocycles. The van der Waals surface area contributed by atoms with E-state index in [-0.39, 0.29) is 16.5 Å². The van der Waals surface area contributed by atoms with Crippen LogP contribution in [0.3, 0.4) is 0 Å². The fourth-order valence-corrected chi connectivity index (χ4v) is 3.55. The summed E-state index contributed by atoms with van der Waals surface area (Å²) in [4.78, 5) is 8.34. The highest BCUT2D eigenvalue weighted by Gasteiger charge is 2.33. The zero-order valence-electron chi connectivity index (χ0n) is 9.75. The Morgan fingerprint density at radius 3 is 2.63 bits per heavy atom. The quantitative estimate of drug-likeness (QED) is 0.797. The van der Waals surface area contributed by atoms with Gasteiger partial charge < -0.3 is 0 Å². The third kappa shape index (κ3) is 1.95. The second-order valence-electron chi connectivity index (χ2n) is 4.05. The largest absolute Gasteiger partial charge is 0.266 e. The van der Waals surface area contributed by atoms with Crippen LogP contribution in [0.5, 0.6) is 0 Å². The number of benzene rings is 1. The Morgan fingerprint density at radius 1 is 1.16 bits per heavy atom. The predicted octanol–water partition coefficient (Wildman–Crippen LogP) is 2.33. The first-order chi connectivity index (χ1) is 9.10. The van der Waals surface area contributed by atoms with Gasteiger partial charge in [0.15, 0.2) is 5.04 Å². The molecule has 0 radical (unpaired) electrons. The van der Waals surface area contributed by atoms with Crippen LogP contribution in [-0.2, 0) is 9.84 Å². The lowest BCUT2D eigenvalue weighted by Gasteiger charge is -2.14. The van der Waals surface area contributed by atoms with Crippen molar-refractivity contribution in [2.45, 2.75) is 4.90 Å². The van der Waals surface area contributed by atoms with Gasteiger partial charge in [-0.3, -0.25) is 9.98 Å². The Bertz CT molecular complexity index is 759. The number of hydrogen-bond donors (Lipinski definition) is 0. The van der Waals surface area contributed by atoms with Gasteiger partial charge in [-0.1, -0.05) is 29.8 Å². The Hall–Kier alpha value is -1.72. The van der Waals surface area contributed by atoms with Gasteiger partial charge in [-0.2, -0.15) is 0 Å². The zero-order chi connectivity index (χ0) is 13.5. The number of halogens is 1. The average molecular weight is 293 g/mol. The number of rotatable bonds is 1. The second-order valence-corrected chi connectivity index (χ2v) is 6.37. The summed E-state index contributed by atoms with van der Waals surface area (Å²) in [6, 6.07) is 8.20. The zero-order valence-corrected chi connectivity index (χ0v) is 11.3. The number of sulfone groups is 1. The van der Waals surface area contributed by atoms with Gasteiger partial charge >= 0.3 is 0 Å². The van der Waals surface area contributed by atoms with E-state index >= 15 is 0 Å². The van der Waals surface area contributed by atoms with Gasteiger partial charge in [0.25, 0.3) is 0 Å². The summed E-state index contributed by atoms with van der Waals surface area (Å²) in [5, 5.41) is 0.502. The van der Waals surface area contributed by atoms with Crippen molar-refractivity contribution in [2.24, 2.45) is 9.98 Å². The molecular weight excluding hydrogens is 284 g/mol. The Morgan fingerprint density at radius 2 is 1.89 bits per heavy atom. The molecule has 0 atom stereocenters. The Kier molecular flexibility index (Phi) is 2.88. The lowest BCUT2D eigenvalue weighted by atomic mass is 10.1. The van der Waals surface area contributed by atoms with E-state index in [1.165, 1.54) is 6.20 Å². The lowest BCUT2D eigenvalue weighted by molar-refractivity contribution is 0.607. The van der Waals surface area contributed by atoms with Crippen molar-refractivity contribution in [3.8, 4) is 0 Å². The molecule has 1 aromatic rings. The van der Waals surface area contributed by atoms with Crippen LogP contribution in [0.15, 0.2) is 68.1 Å². The molecule has 3 rings (SSSR count). The van der Waals surface area contributed by atoms with E-state index in [2.05, 4.69) is 9.98 Å². The molecule has 2 aliphatic rings. The molecule has 0 saturated carbocycles. The molecule has 0 bridgehead atoms. The minimum atomic E-state index is -3.65. The van der Waals surface area contributed by atoms with E-state index in [0.29, 0.717) is 16.3 Å². The summed E-state index contributed by atoms with van der Waals surface area (Å²) in [5.41, 5.74) is 0.978. The van der Waals surface area contributed by atoms with Crippen LogP contribution in [0.4, 0.5) is 0 Å². The van der Waals surface area contributed by atoms with Gasteiger partial charge in [-0.15, -0.1) is 0 Å². The van der Waals surface area contributed by atoms with Crippen LogP contribution in [0.25, 0.3) is 0 Å². The number of hydrogen-bond acceptors (Lipinski definition) is 4. The average Bonchev–Trinajstić information content (AvgIpc) is 2.90. The number of allylic oxidation sites excluding steroid dienone is 2. The van der Waals surface area contributed by atoms with Crippen LogP contribution in [0.2, 0.25) is 0 Å². The number of aliphatic imine (C=N–C) groups is 2. The highest BCUT2D eigenvalue weighted by Crippen LogP contribution is 2.26. The van der Waals surface area contributed by atoms with Crippen LogP contribution < -0.4 is 0 Å². The van der Waals surface area contributed by atoms with Gasteiger partial charge in [0, 0.05) is 16.8 Å². The maximum absolute atomic E-state index is 12.5. The van der Waals surface area contributed by atoms with Crippen molar-refractivity contribution in [2.75, 3.05) is 6.54 Å². The van der Waals surface area contributed by atoms with Gasteiger partial charge in [-0.25, -0.2) is 8.42 Å². The van der Waals surface area contributed by atoms with E-state index in [4.69, 9.17) is 11.6 Å². The fraction of sp³-hybridized carbons (Fsp3) is 0.0769. The molecule has 19 heavy (non-hydrogen) atoms. The van der Waals surface area contributed by atoms with Crippen LogP contribution in [0, 0.1) is 0 Å². The molecule has 0 amide bonds. The molecule has 96 valence electrons. The second kappa shape index (κ2) is 4.43. The van der Waals surface area contributed by atoms with Crippen molar-refractivity contribution < 1.29 is 8.42 Å². The third-order valence-electron chi connectivity index (χ3n) is 2.86. The number of nitrogens with zero attached hydrogens (tertiary/aromatic N) is 2. The molecule has 0 spiro atoms. The molecule has 0 fully saturated rings. The van der Waals surface area contributed by atoms with Gasteiger partial charge in [0.2, 0.25) is 9.84 Å². The predicted molar refractivity (Wildman–Crippen MR) is 75.4 cm³/mol. The summed E-state index contributed by atoms with van der Waals surface area (Å²) >= 11 is 6.02. The maximum Gasteiger partial charge on any atom is 0.225 e. The van der Waals surface area contributed by atoms with E-state index in [9.17, 15) is 8.42 Å². The number of dihydropyridines is 1. The summed E-state index contributed by atoms with van der Waals surface area (Å²) in [7, 11) is -3.65. The highest BCUT2D eigenvalue weighted by atomic mass is 35.5. The first-order valence-electron chi connectivity index (χ1n) is 5.59. The minimum absolute atomic E-state index is 0.0110. The van der Waals surface area contributed by atoms with Crippen molar-refractivity contribution in [3.05, 3.63) is 53.2 Å². The smallest absolute Gasteiger partial charge is 0.225 e. The van der Waals surface area contributed by atoms with Gasteiger partial charge in [0.1, 0.15) is 5.71 Å². The molecule has 2 aliphatic heterocycles. The van der Waals surface area contributed by atoms with Gasteiger partial charge in [0.05, 0.1) is 11.4 Å². The van der Waals surface area contributed by atoms with E-state index < -0.39 is 9.84 Å². The Balaban J connectivity index is 2.10. The Labute approximate surface area is 115 Å². The minimum Gasteiger partial charge on any atom is -0.266 e.